The van der Waals surface area contributed by atoms with Gasteiger partial charge in [-0.25, -0.2) is 0 Å². The van der Waals surface area contributed by atoms with E-state index in [1.54, 1.807) is 0 Å². The quantitative estimate of drug-likeness (QED) is 0.157. The van der Waals surface area contributed by atoms with E-state index in [0.29, 0.717) is 0 Å². The van der Waals surface area contributed by atoms with E-state index in [2.05, 4.69) is 216 Å². The van der Waals surface area contributed by atoms with Crippen molar-refractivity contribution in [1.82, 2.24) is 0 Å². The molecule has 2 nitrogen and oxygen atoms in total. The van der Waals surface area contributed by atoms with E-state index in [0.717, 1.165) is 34.1 Å². The molecule has 0 spiro atoms. The van der Waals surface area contributed by atoms with Crippen molar-refractivity contribution in [3.05, 3.63) is 205 Å². The Balaban J connectivity index is 1.06. The number of rotatable bonds is 8. The summed E-state index contributed by atoms with van der Waals surface area (Å²) in [6, 6.07) is 69.0. The van der Waals surface area contributed by atoms with Crippen molar-refractivity contribution < 1.29 is 0 Å². The van der Waals surface area contributed by atoms with E-state index < -0.39 is 0 Å². The van der Waals surface area contributed by atoms with Crippen LogP contribution in [0.3, 0.4) is 0 Å². The predicted octanol–water partition coefficient (Wildman–Crippen LogP) is 13.1. The van der Waals surface area contributed by atoms with Crippen molar-refractivity contribution in [2.24, 2.45) is 0 Å². The topological polar surface area (TPSA) is 6.48 Å². The van der Waals surface area contributed by atoms with Gasteiger partial charge in [0.25, 0.3) is 0 Å². The van der Waals surface area contributed by atoms with Crippen molar-refractivity contribution in [3.63, 3.8) is 0 Å². The number of para-hydroxylation sites is 4. The minimum atomic E-state index is 1.14. The van der Waals surface area contributed by atoms with E-state index in [9.17, 15) is 0 Å². The van der Waals surface area contributed by atoms with Crippen LogP contribution in [0.25, 0.3) is 33.7 Å². The average molecular weight is 615 g/mol. The Morgan fingerprint density at radius 3 is 0.875 bits per heavy atom. The molecule has 0 aliphatic carbocycles. The lowest BCUT2D eigenvalue weighted by atomic mass is 10.0. The van der Waals surface area contributed by atoms with E-state index in [1.807, 2.05) is 0 Å². The van der Waals surface area contributed by atoms with Crippen molar-refractivity contribution in [2.45, 2.75) is 0 Å². The first kappa shape index (κ1) is 29.1. The molecule has 0 aromatic heterocycles. The van der Waals surface area contributed by atoms with Crippen LogP contribution in [0.5, 0.6) is 0 Å². The van der Waals surface area contributed by atoms with E-state index in [4.69, 9.17) is 0 Å². The standard InChI is InChI=1S/C46H34N2/c1-5-13-41(14-6-1)47(42-15-7-2-8-16-42)45-29-27-37-31-35(23-25-39(37)33-45)21-22-36-24-26-40-34-46(30-28-38(40)32-36)48(43-17-9-3-10-18-43)44-19-11-4-12-20-44/h1-34H/b22-21+. The minimum Gasteiger partial charge on any atom is -0.310 e. The summed E-state index contributed by atoms with van der Waals surface area (Å²) < 4.78 is 0. The van der Waals surface area contributed by atoms with Gasteiger partial charge in [0.05, 0.1) is 0 Å². The Labute approximate surface area is 282 Å². The van der Waals surface area contributed by atoms with Crippen LogP contribution in [0.2, 0.25) is 0 Å². The normalized spacial score (nSPS) is 11.2. The summed E-state index contributed by atoms with van der Waals surface area (Å²) in [7, 11) is 0. The van der Waals surface area contributed by atoms with Gasteiger partial charge in [0.2, 0.25) is 0 Å². The SMILES string of the molecule is C(=C\c1ccc2cc(N(c3ccccc3)c3ccccc3)ccc2c1)/c1ccc2cc(N(c3ccccc3)c3ccccc3)ccc2c1. The molecule has 0 aliphatic rings. The highest BCUT2D eigenvalue weighted by molar-refractivity contribution is 5.93. The van der Waals surface area contributed by atoms with Gasteiger partial charge in [-0.1, -0.05) is 121 Å². The number of hydrogen-bond acceptors (Lipinski definition) is 2. The molecule has 0 radical (unpaired) electrons. The second-order valence-corrected chi connectivity index (χ2v) is 11.9. The molecule has 0 unspecified atom stereocenters. The molecule has 8 aromatic carbocycles. The monoisotopic (exact) mass is 614 g/mol. The van der Waals surface area contributed by atoms with Gasteiger partial charge >= 0.3 is 0 Å². The maximum atomic E-state index is 2.30. The summed E-state index contributed by atoms with van der Waals surface area (Å²) in [6.07, 6.45) is 4.41. The second-order valence-electron chi connectivity index (χ2n) is 11.9. The molecule has 0 saturated carbocycles. The highest BCUT2D eigenvalue weighted by Crippen LogP contribution is 2.37. The lowest BCUT2D eigenvalue weighted by Gasteiger charge is -2.25. The largest absolute Gasteiger partial charge is 0.310 e. The molecular formula is C46H34N2. The van der Waals surface area contributed by atoms with Gasteiger partial charge in [0.1, 0.15) is 0 Å². The molecule has 0 saturated heterocycles. The highest BCUT2D eigenvalue weighted by Gasteiger charge is 2.14. The van der Waals surface area contributed by atoms with Crippen LogP contribution in [-0.2, 0) is 0 Å². The number of fused-ring (bicyclic) bond motifs is 2. The van der Waals surface area contributed by atoms with Crippen LogP contribution in [0.4, 0.5) is 34.1 Å². The van der Waals surface area contributed by atoms with E-state index in [1.165, 1.54) is 32.7 Å². The molecule has 48 heavy (non-hydrogen) atoms. The van der Waals surface area contributed by atoms with Crippen LogP contribution in [0, 0.1) is 0 Å². The fourth-order valence-electron chi connectivity index (χ4n) is 6.38. The zero-order valence-electron chi connectivity index (χ0n) is 26.5. The molecule has 0 amide bonds. The maximum absolute atomic E-state index is 2.30. The first-order chi connectivity index (χ1) is 23.8. The Kier molecular flexibility index (Phi) is 7.96. The van der Waals surface area contributed by atoms with E-state index >= 15 is 0 Å². The molecule has 0 bridgehead atoms. The molecule has 8 rings (SSSR count). The van der Waals surface area contributed by atoms with Crippen molar-refractivity contribution in [2.75, 3.05) is 9.80 Å². The summed E-state index contributed by atoms with van der Waals surface area (Å²) in [5.41, 5.74) is 9.18. The number of hydrogen-bond donors (Lipinski definition) is 0. The number of anilines is 6. The fourth-order valence-corrected chi connectivity index (χ4v) is 6.38. The van der Waals surface area contributed by atoms with Crippen LogP contribution in [0.1, 0.15) is 11.1 Å². The molecule has 8 aromatic rings. The van der Waals surface area contributed by atoms with Gasteiger partial charge in [0.15, 0.2) is 0 Å². The number of nitrogens with zero attached hydrogens (tertiary/aromatic N) is 2. The van der Waals surface area contributed by atoms with Gasteiger partial charge in [-0.2, -0.15) is 0 Å². The van der Waals surface area contributed by atoms with E-state index in [-0.39, 0.29) is 0 Å². The first-order valence-corrected chi connectivity index (χ1v) is 16.3. The molecule has 228 valence electrons. The fraction of sp³-hybridized carbons (Fsp3) is 0. The summed E-state index contributed by atoms with van der Waals surface area (Å²) in [6.45, 7) is 0. The Morgan fingerprint density at radius 1 is 0.250 bits per heavy atom. The first-order valence-electron chi connectivity index (χ1n) is 16.3. The van der Waals surface area contributed by atoms with Gasteiger partial charge in [0, 0.05) is 34.1 Å². The van der Waals surface area contributed by atoms with Crippen LogP contribution in [0.15, 0.2) is 194 Å². The van der Waals surface area contributed by atoms with Crippen molar-refractivity contribution >= 4 is 67.8 Å². The molecule has 0 fully saturated rings. The van der Waals surface area contributed by atoms with Crippen LogP contribution >= 0.6 is 0 Å². The summed E-state index contributed by atoms with van der Waals surface area (Å²) in [5.74, 6) is 0. The molecule has 0 heterocycles. The third kappa shape index (κ3) is 6.08. The second kappa shape index (κ2) is 13.2. The molecular weight excluding hydrogens is 581 g/mol. The molecule has 0 aliphatic heterocycles. The minimum absolute atomic E-state index is 1.14. The lowest BCUT2D eigenvalue weighted by molar-refractivity contribution is 1.29. The van der Waals surface area contributed by atoms with Crippen molar-refractivity contribution in [3.8, 4) is 0 Å². The molecule has 0 N–H and O–H groups in total. The Bertz CT molecular complexity index is 2080. The van der Waals surface area contributed by atoms with Crippen molar-refractivity contribution in [1.29, 1.82) is 0 Å². The summed E-state index contributed by atoms with van der Waals surface area (Å²) >= 11 is 0. The zero-order chi connectivity index (χ0) is 32.1. The Hall–Kier alpha value is -6.38. The smallest absolute Gasteiger partial charge is 0.0468 e. The van der Waals surface area contributed by atoms with Gasteiger partial charge < -0.3 is 9.80 Å². The van der Waals surface area contributed by atoms with Gasteiger partial charge in [-0.15, -0.1) is 0 Å². The third-order valence-electron chi connectivity index (χ3n) is 8.74. The van der Waals surface area contributed by atoms with Crippen LogP contribution in [-0.4, -0.2) is 0 Å². The van der Waals surface area contributed by atoms with Gasteiger partial charge in [-0.05, 0) is 118 Å². The van der Waals surface area contributed by atoms with Crippen LogP contribution < -0.4 is 9.80 Å². The summed E-state index contributed by atoms with van der Waals surface area (Å²) in [4.78, 5) is 4.60. The Morgan fingerprint density at radius 2 is 0.542 bits per heavy atom. The molecule has 0 atom stereocenters. The highest BCUT2D eigenvalue weighted by atomic mass is 15.1. The third-order valence-corrected chi connectivity index (χ3v) is 8.74. The average Bonchev–Trinajstić information content (AvgIpc) is 3.16. The summed E-state index contributed by atoms with van der Waals surface area (Å²) in [5, 5.41) is 4.86. The number of benzene rings is 8. The maximum Gasteiger partial charge on any atom is 0.0468 e. The zero-order valence-corrected chi connectivity index (χ0v) is 26.5. The lowest BCUT2D eigenvalue weighted by Crippen LogP contribution is -2.09. The molecule has 2 heteroatoms. The van der Waals surface area contributed by atoms with Gasteiger partial charge in [-0.3, -0.25) is 0 Å². The predicted molar refractivity (Wildman–Crippen MR) is 206 cm³/mol.